The predicted octanol–water partition coefficient (Wildman–Crippen LogP) is 0.147. The fraction of sp³-hybridized carbons (Fsp3) is 0.640. The van der Waals surface area contributed by atoms with Crippen LogP contribution >= 0.6 is 0 Å². The van der Waals surface area contributed by atoms with Gasteiger partial charge in [0.1, 0.15) is 17.5 Å². The number of carbonyl (C=O) groups is 3. The molecule has 4 N–H and O–H groups in total. The summed E-state index contributed by atoms with van der Waals surface area (Å²) in [5.41, 5.74) is 0.618. The van der Waals surface area contributed by atoms with Crippen LogP contribution in [0.1, 0.15) is 37.8 Å². The Morgan fingerprint density at radius 3 is 2.23 bits per heavy atom. The van der Waals surface area contributed by atoms with Crippen LogP contribution in [0.3, 0.4) is 0 Å². The van der Waals surface area contributed by atoms with Crippen molar-refractivity contribution in [3.05, 3.63) is 23.3 Å². The van der Waals surface area contributed by atoms with Crippen molar-refractivity contribution in [2.45, 2.75) is 57.2 Å². The van der Waals surface area contributed by atoms with Crippen molar-refractivity contribution >= 4 is 17.6 Å². The van der Waals surface area contributed by atoms with Gasteiger partial charge in [0.05, 0.1) is 40.1 Å². The minimum absolute atomic E-state index is 0.0789. The summed E-state index contributed by atoms with van der Waals surface area (Å²) in [4.78, 5) is 38.9. The third kappa shape index (κ3) is 5.94. The summed E-state index contributed by atoms with van der Waals surface area (Å²) in [6, 6.07) is 1.52. The number of amides is 2. The molecule has 1 aromatic carbocycles. The van der Waals surface area contributed by atoms with Crippen LogP contribution in [0.2, 0.25) is 0 Å². The summed E-state index contributed by atoms with van der Waals surface area (Å²) >= 11 is 0. The third-order valence-electron chi connectivity index (χ3n) is 6.70. The van der Waals surface area contributed by atoms with Gasteiger partial charge in [0.15, 0.2) is 11.4 Å². The predicted molar refractivity (Wildman–Crippen MR) is 126 cm³/mol. The molecule has 2 amide bonds. The number of benzene rings is 1. The first-order valence-corrected chi connectivity index (χ1v) is 11.9. The molecule has 4 atom stereocenters. The van der Waals surface area contributed by atoms with E-state index in [0.717, 1.165) is 16.9 Å². The lowest BCUT2D eigenvalue weighted by Gasteiger charge is -2.28. The lowest BCUT2D eigenvalue weighted by Crippen LogP contribution is -2.56. The van der Waals surface area contributed by atoms with E-state index in [0.29, 0.717) is 31.4 Å². The Bertz CT molecular complexity index is 944. The van der Waals surface area contributed by atoms with Crippen LogP contribution in [0.15, 0.2) is 12.1 Å². The normalized spacial score (nSPS) is 22.5. The first-order valence-electron chi connectivity index (χ1n) is 11.9. The minimum atomic E-state index is -1.28. The molecule has 3 rings (SSSR count). The largest absolute Gasteiger partial charge is 0.496 e. The van der Waals surface area contributed by atoms with Crippen molar-refractivity contribution in [2.75, 3.05) is 34.0 Å². The average Bonchev–Trinajstić information content (AvgIpc) is 3.66. The highest BCUT2D eigenvalue weighted by Gasteiger charge is 2.54. The highest BCUT2D eigenvalue weighted by atomic mass is 16.6. The van der Waals surface area contributed by atoms with Crippen LogP contribution in [0.25, 0.3) is 0 Å². The molecule has 194 valence electrons. The monoisotopic (exact) mass is 492 g/mol. The standard InChI is InChI=1S/C25H36N2O8/c1-14(2)9-18(22(30)25(12-29)13-35-25)26-24(32)19(11-28)27-23(31)15-5-6-16-17(10-15)21(34-4)8-7-20(16)33-3/h7-8,14-15,18-19,28-29H,5-6,9-13H2,1-4H3,(H,26,32)(H,27,31)/t15?,18?,19-,25?/m0/s1. The number of methoxy groups -OCH3 is 2. The summed E-state index contributed by atoms with van der Waals surface area (Å²) in [7, 11) is 3.17. The van der Waals surface area contributed by atoms with Gasteiger partial charge >= 0.3 is 0 Å². The molecule has 2 aliphatic rings. The number of ether oxygens (including phenoxy) is 3. The summed E-state index contributed by atoms with van der Waals surface area (Å²) in [6.45, 7) is 2.82. The number of fused-ring (bicyclic) bond motifs is 1. The van der Waals surface area contributed by atoms with Gasteiger partial charge in [0.2, 0.25) is 11.8 Å². The molecule has 1 fully saturated rings. The van der Waals surface area contributed by atoms with Gasteiger partial charge in [-0.3, -0.25) is 14.4 Å². The molecule has 10 nitrogen and oxygen atoms in total. The summed E-state index contributed by atoms with van der Waals surface area (Å²) < 4.78 is 16.1. The first-order chi connectivity index (χ1) is 16.7. The maximum Gasteiger partial charge on any atom is 0.245 e. The van der Waals surface area contributed by atoms with E-state index in [-0.39, 0.29) is 18.4 Å². The molecule has 1 aromatic rings. The zero-order chi connectivity index (χ0) is 25.8. The summed E-state index contributed by atoms with van der Waals surface area (Å²) in [6.07, 6.45) is 1.90. The Kier molecular flexibility index (Phi) is 8.74. The molecule has 0 spiro atoms. The maximum atomic E-state index is 13.1. The summed E-state index contributed by atoms with van der Waals surface area (Å²) in [5, 5.41) is 24.7. The molecule has 1 heterocycles. The smallest absolute Gasteiger partial charge is 0.245 e. The molecule has 3 unspecified atom stereocenters. The molecule has 0 bridgehead atoms. The molecular formula is C25H36N2O8. The second-order valence-corrected chi connectivity index (χ2v) is 9.61. The number of nitrogens with one attached hydrogen (secondary N) is 2. The van der Waals surface area contributed by atoms with Crippen molar-refractivity contribution in [2.24, 2.45) is 11.8 Å². The Morgan fingerprint density at radius 1 is 1.09 bits per heavy atom. The number of ketones is 1. The second kappa shape index (κ2) is 11.4. The average molecular weight is 493 g/mol. The number of aliphatic hydroxyl groups excluding tert-OH is 2. The zero-order valence-corrected chi connectivity index (χ0v) is 20.8. The number of rotatable bonds is 12. The van der Waals surface area contributed by atoms with E-state index in [2.05, 4.69) is 10.6 Å². The van der Waals surface area contributed by atoms with E-state index in [9.17, 15) is 24.6 Å². The van der Waals surface area contributed by atoms with Crippen LogP contribution in [0.4, 0.5) is 0 Å². The van der Waals surface area contributed by atoms with Gasteiger partial charge in [-0.05, 0) is 43.7 Å². The summed E-state index contributed by atoms with van der Waals surface area (Å²) in [5.74, 6) is -0.359. The lowest BCUT2D eigenvalue weighted by molar-refractivity contribution is -0.135. The van der Waals surface area contributed by atoms with Crippen molar-refractivity contribution < 1.29 is 38.8 Å². The van der Waals surface area contributed by atoms with E-state index < -0.39 is 48.5 Å². The first kappa shape index (κ1) is 26.9. The molecule has 35 heavy (non-hydrogen) atoms. The van der Waals surface area contributed by atoms with E-state index in [4.69, 9.17) is 14.2 Å². The Balaban J connectivity index is 1.68. The van der Waals surface area contributed by atoms with Crippen LogP contribution in [0, 0.1) is 11.8 Å². The SMILES string of the molecule is COc1ccc(OC)c2c1CCC(C(=O)N[C@@H](CO)C(=O)NC(CC(C)C)C(=O)C1(CO)CO1)C2. The fourth-order valence-electron chi connectivity index (χ4n) is 4.60. The van der Waals surface area contributed by atoms with Gasteiger partial charge < -0.3 is 35.1 Å². The van der Waals surface area contributed by atoms with Crippen molar-refractivity contribution in [3.8, 4) is 11.5 Å². The number of carbonyl (C=O) groups excluding carboxylic acids is 3. The molecule has 1 aliphatic carbocycles. The highest BCUT2D eigenvalue weighted by molar-refractivity contribution is 5.98. The molecule has 0 saturated carbocycles. The second-order valence-electron chi connectivity index (χ2n) is 9.61. The third-order valence-corrected chi connectivity index (χ3v) is 6.70. The van der Waals surface area contributed by atoms with Gasteiger partial charge in [-0.25, -0.2) is 0 Å². The molecular weight excluding hydrogens is 456 g/mol. The van der Waals surface area contributed by atoms with E-state index in [1.165, 1.54) is 0 Å². The highest BCUT2D eigenvalue weighted by Crippen LogP contribution is 2.38. The zero-order valence-electron chi connectivity index (χ0n) is 20.8. The number of aliphatic hydroxyl groups is 2. The van der Waals surface area contributed by atoms with Gasteiger partial charge in [0.25, 0.3) is 0 Å². The Morgan fingerprint density at radius 2 is 1.71 bits per heavy atom. The Hall–Kier alpha value is -2.69. The number of Topliss-reactive ketones (excluding diaryl/α,β-unsaturated/α-hetero) is 1. The van der Waals surface area contributed by atoms with E-state index >= 15 is 0 Å². The molecule has 0 radical (unpaired) electrons. The minimum Gasteiger partial charge on any atom is -0.496 e. The van der Waals surface area contributed by atoms with Crippen molar-refractivity contribution in [1.29, 1.82) is 0 Å². The quantitative estimate of drug-likeness (QED) is 0.302. The van der Waals surface area contributed by atoms with Gasteiger partial charge in [-0.15, -0.1) is 0 Å². The van der Waals surface area contributed by atoms with Crippen LogP contribution in [-0.2, 0) is 32.0 Å². The van der Waals surface area contributed by atoms with Crippen LogP contribution < -0.4 is 20.1 Å². The van der Waals surface area contributed by atoms with Crippen molar-refractivity contribution in [3.63, 3.8) is 0 Å². The van der Waals surface area contributed by atoms with Gasteiger partial charge in [-0.2, -0.15) is 0 Å². The van der Waals surface area contributed by atoms with Crippen LogP contribution in [0.5, 0.6) is 11.5 Å². The molecule has 1 aliphatic heterocycles. The fourth-order valence-corrected chi connectivity index (χ4v) is 4.60. The number of epoxide rings is 1. The van der Waals surface area contributed by atoms with E-state index in [1.54, 1.807) is 20.3 Å². The Labute approximate surface area is 205 Å². The molecule has 0 aromatic heterocycles. The molecule has 10 heteroatoms. The van der Waals surface area contributed by atoms with Gasteiger partial charge in [0, 0.05) is 17.0 Å². The van der Waals surface area contributed by atoms with Gasteiger partial charge in [-0.1, -0.05) is 13.8 Å². The van der Waals surface area contributed by atoms with Crippen molar-refractivity contribution in [1.82, 2.24) is 10.6 Å². The number of hydrogen-bond acceptors (Lipinski definition) is 8. The maximum absolute atomic E-state index is 13.1. The molecule has 1 saturated heterocycles. The lowest BCUT2D eigenvalue weighted by atomic mass is 9.82. The van der Waals surface area contributed by atoms with Crippen LogP contribution in [-0.4, -0.2) is 79.5 Å². The van der Waals surface area contributed by atoms with E-state index in [1.807, 2.05) is 19.9 Å². The topological polar surface area (TPSA) is 147 Å². The number of hydrogen-bond donors (Lipinski definition) is 4.